The van der Waals surface area contributed by atoms with Gasteiger partial charge in [0.05, 0.1) is 18.6 Å². The Morgan fingerprint density at radius 3 is 2.92 bits per heavy atom. The maximum atomic E-state index is 12.8. The van der Waals surface area contributed by atoms with Gasteiger partial charge in [0.2, 0.25) is 5.91 Å². The van der Waals surface area contributed by atoms with E-state index in [-0.39, 0.29) is 18.2 Å². The minimum atomic E-state index is -0.821. The van der Waals surface area contributed by atoms with Gasteiger partial charge >= 0.3 is 0 Å². The number of carbonyl (C=O) groups is 2. The van der Waals surface area contributed by atoms with Crippen LogP contribution in [0.3, 0.4) is 0 Å². The molecule has 2 heterocycles. The smallest absolute Gasteiger partial charge is 0.251 e. The molecule has 0 saturated carbocycles. The third-order valence-electron chi connectivity index (χ3n) is 4.71. The summed E-state index contributed by atoms with van der Waals surface area (Å²) in [4.78, 5) is 28.5. The fraction of sp³-hybridized carbons (Fsp3) is 0.350. The van der Waals surface area contributed by atoms with Gasteiger partial charge in [-0.25, -0.2) is 0 Å². The lowest BCUT2D eigenvalue weighted by Gasteiger charge is -2.25. The average molecular weight is 353 g/mol. The van der Waals surface area contributed by atoms with Crippen LogP contribution in [-0.2, 0) is 11.2 Å². The molecule has 1 aliphatic heterocycles. The monoisotopic (exact) mass is 353 g/mol. The van der Waals surface area contributed by atoms with Crippen LogP contribution in [-0.4, -0.2) is 27.9 Å². The molecule has 3 N–H and O–H groups in total. The van der Waals surface area contributed by atoms with Gasteiger partial charge in [0.15, 0.2) is 0 Å². The van der Waals surface area contributed by atoms with E-state index in [0.717, 1.165) is 17.5 Å². The molecular formula is C20H23N3O3. The van der Waals surface area contributed by atoms with Crippen LogP contribution in [0.5, 0.6) is 0 Å². The number of nitrogens with zero attached hydrogens (tertiary/aromatic N) is 1. The van der Waals surface area contributed by atoms with Crippen molar-refractivity contribution in [2.24, 2.45) is 0 Å². The van der Waals surface area contributed by atoms with Gasteiger partial charge in [0, 0.05) is 23.6 Å². The van der Waals surface area contributed by atoms with Gasteiger partial charge in [-0.2, -0.15) is 0 Å². The van der Waals surface area contributed by atoms with Crippen LogP contribution in [0, 0.1) is 6.92 Å². The molecule has 2 atom stereocenters. The molecule has 0 bridgehead atoms. The van der Waals surface area contributed by atoms with Crippen molar-refractivity contribution in [3.8, 4) is 0 Å². The number of fused-ring (bicyclic) bond motifs is 1. The van der Waals surface area contributed by atoms with Gasteiger partial charge in [-0.3, -0.25) is 14.6 Å². The summed E-state index contributed by atoms with van der Waals surface area (Å²) in [7, 11) is 0. The molecule has 0 spiro atoms. The molecule has 1 aliphatic rings. The Morgan fingerprint density at radius 2 is 2.19 bits per heavy atom. The molecule has 2 amide bonds. The zero-order valence-corrected chi connectivity index (χ0v) is 15.0. The van der Waals surface area contributed by atoms with Crippen molar-refractivity contribution in [3.63, 3.8) is 0 Å². The molecular weight excluding hydrogens is 330 g/mol. The van der Waals surface area contributed by atoms with Gasteiger partial charge in [-0.15, -0.1) is 0 Å². The van der Waals surface area contributed by atoms with E-state index in [1.807, 2.05) is 13.8 Å². The summed E-state index contributed by atoms with van der Waals surface area (Å²) in [5.41, 5.74) is 3.50. The maximum Gasteiger partial charge on any atom is 0.251 e. The van der Waals surface area contributed by atoms with Crippen LogP contribution >= 0.6 is 0 Å². The molecule has 1 aromatic heterocycles. The van der Waals surface area contributed by atoms with Crippen LogP contribution < -0.4 is 10.6 Å². The third-order valence-corrected chi connectivity index (χ3v) is 4.71. The third kappa shape index (κ3) is 3.60. The molecule has 1 aromatic carbocycles. The zero-order chi connectivity index (χ0) is 18.7. The van der Waals surface area contributed by atoms with E-state index in [9.17, 15) is 14.7 Å². The van der Waals surface area contributed by atoms with Crippen molar-refractivity contribution in [2.75, 3.05) is 5.32 Å². The Bertz CT molecular complexity index is 835. The number of amides is 2. The summed E-state index contributed by atoms with van der Waals surface area (Å²) in [6.07, 6.45) is 4.17. The first-order chi connectivity index (χ1) is 12.5. The molecule has 0 aliphatic carbocycles. The summed E-state index contributed by atoms with van der Waals surface area (Å²) >= 11 is 0. The molecule has 26 heavy (non-hydrogen) atoms. The number of hydrogen-bond acceptors (Lipinski definition) is 4. The lowest BCUT2D eigenvalue weighted by Crippen LogP contribution is -2.39. The Hall–Kier alpha value is -2.73. The highest BCUT2D eigenvalue weighted by Gasteiger charge is 2.27. The van der Waals surface area contributed by atoms with Crippen molar-refractivity contribution < 1.29 is 14.7 Å². The van der Waals surface area contributed by atoms with Crippen LogP contribution in [0.1, 0.15) is 52.9 Å². The first kappa shape index (κ1) is 18.1. The number of carbonyl (C=O) groups excluding carboxylic acids is 2. The van der Waals surface area contributed by atoms with Crippen molar-refractivity contribution in [1.29, 1.82) is 0 Å². The van der Waals surface area contributed by atoms with E-state index in [2.05, 4.69) is 15.6 Å². The largest absolute Gasteiger partial charge is 0.386 e. The van der Waals surface area contributed by atoms with Crippen molar-refractivity contribution in [3.05, 3.63) is 58.9 Å². The molecule has 0 radical (unpaired) electrons. The number of aliphatic hydroxyl groups is 1. The van der Waals surface area contributed by atoms with Crippen LogP contribution in [0.15, 0.2) is 36.7 Å². The normalized spacial score (nSPS) is 15.1. The number of rotatable bonds is 6. The fourth-order valence-electron chi connectivity index (χ4n) is 3.36. The number of pyridine rings is 1. The minimum absolute atomic E-state index is 0.113. The molecule has 0 saturated heterocycles. The topological polar surface area (TPSA) is 91.3 Å². The predicted octanol–water partition coefficient (Wildman–Crippen LogP) is 2.52. The van der Waals surface area contributed by atoms with E-state index in [1.54, 1.807) is 36.7 Å². The molecule has 136 valence electrons. The number of aromatic nitrogens is 1. The van der Waals surface area contributed by atoms with Crippen LogP contribution in [0.25, 0.3) is 0 Å². The molecule has 0 unspecified atom stereocenters. The number of hydrogen-bond donors (Lipinski definition) is 3. The van der Waals surface area contributed by atoms with Gasteiger partial charge in [0.1, 0.15) is 0 Å². The lowest BCUT2D eigenvalue weighted by atomic mass is 9.95. The van der Waals surface area contributed by atoms with Gasteiger partial charge in [-0.05, 0) is 48.2 Å². The van der Waals surface area contributed by atoms with Crippen molar-refractivity contribution in [1.82, 2.24) is 10.3 Å². The number of nitrogens with one attached hydrogen (secondary N) is 2. The molecule has 2 aromatic rings. The molecule has 0 fully saturated rings. The highest BCUT2D eigenvalue weighted by molar-refractivity contribution is 6.05. The second kappa shape index (κ2) is 7.66. The van der Waals surface area contributed by atoms with E-state index in [4.69, 9.17) is 0 Å². The Labute approximate surface area is 152 Å². The second-order valence-electron chi connectivity index (χ2n) is 6.60. The minimum Gasteiger partial charge on any atom is -0.386 e. The first-order valence-corrected chi connectivity index (χ1v) is 8.82. The predicted molar refractivity (Wildman–Crippen MR) is 98.9 cm³/mol. The fourth-order valence-corrected chi connectivity index (χ4v) is 3.36. The number of aryl methyl sites for hydroxylation is 1. The summed E-state index contributed by atoms with van der Waals surface area (Å²) < 4.78 is 0. The van der Waals surface area contributed by atoms with Gasteiger partial charge in [-0.1, -0.05) is 19.4 Å². The highest BCUT2D eigenvalue weighted by atomic mass is 16.3. The van der Waals surface area contributed by atoms with Crippen LogP contribution in [0.2, 0.25) is 0 Å². The number of aliphatic hydroxyl groups excluding tert-OH is 1. The highest BCUT2D eigenvalue weighted by Crippen LogP contribution is 2.27. The van der Waals surface area contributed by atoms with Gasteiger partial charge in [0.25, 0.3) is 5.91 Å². The number of benzene rings is 1. The van der Waals surface area contributed by atoms with E-state index < -0.39 is 12.1 Å². The lowest BCUT2D eigenvalue weighted by molar-refractivity contribution is -0.115. The Kier molecular flexibility index (Phi) is 5.32. The Balaban J connectivity index is 1.83. The standard InChI is InChI=1S/C20H23N3O3/c1-3-5-17(19(25)13-8-9-21-11-12(13)2)23-20(26)14-6-4-7-16-15(14)10-18(24)22-16/h4,6-9,11,17,19,25H,3,5,10H2,1-2H3,(H,22,24)(H,23,26)/t17-,19+/m1/s1. The van der Waals surface area contributed by atoms with E-state index in [0.29, 0.717) is 23.2 Å². The average Bonchev–Trinajstić information content (AvgIpc) is 3.01. The number of anilines is 1. The van der Waals surface area contributed by atoms with Gasteiger partial charge < -0.3 is 15.7 Å². The maximum absolute atomic E-state index is 12.8. The summed E-state index contributed by atoms with van der Waals surface area (Å²) in [6, 6.07) is 6.60. The van der Waals surface area contributed by atoms with Crippen molar-refractivity contribution in [2.45, 2.75) is 45.3 Å². The Morgan fingerprint density at radius 1 is 1.38 bits per heavy atom. The molecule has 6 heteroatoms. The SMILES string of the molecule is CCC[C@@H](NC(=O)c1cccc2c1CC(=O)N2)[C@@H](O)c1ccncc1C. The zero-order valence-electron chi connectivity index (χ0n) is 15.0. The first-order valence-electron chi connectivity index (χ1n) is 8.82. The summed E-state index contributed by atoms with van der Waals surface area (Å²) in [5.74, 6) is -0.389. The summed E-state index contributed by atoms with van der Waals surface area (Å²) in [6.45, 7) is 3.89. The van der Waals surface area contributed by atoms with Crippen molar-refractivity contribution >= 4 is 17.5 Å². The van der Waals surface area contributed by atoms with E-state index in [1.165, 1.54) is 0 Å². The van der Waals surface area contributed by atoms with E-state index >= 15 is 0 Å². The quantitative estimate of drug-likeness (QED) is 0.744. The molecule has 6 nitrogen and oxygen atoms in total. The second-order valence-corrected chi connectivity index (χ2v) is 6.60. The summed E-state index contributed by atoms with van der Waals surface area (Å²) in [5, 5.41) is 16.5. The molecule has 3 rings (SSSR count). The van der Waals surface area contributed by atoms with Crippen LogP contribution in [0.4, 0.5) is 5.69 Å².